The molecule has 25 heavy (non-hydrogen) atoms. The third-order valence-electron chi connectivity index (χ3n) is 4.79. The zero-order valence-corrected chi connectivity index (χ0v) is 15.3. The summed E-state index contributed by atoms with van der Waals surface area (Å²) in [6.45, 7) is 10.1. The molecule has 1 aliphatic rings. The van der Waals surface area contributed by atoms with Gasteiger partial charge in [0.15, 0.2) is 0 Å². The molecule has 1 aliphatic heterocycles. The van der Waals surface area contributed by atoms with Gasteiger partial charge in [0.1, 0.15) is 0 Å². The van der Waals surface area contributed by atoms with Crippen LogP contribution < -0.4 is 10.2 Å². The number of rotatable bonds is 8. The summed E-state index contributed by atoms with van der Waals surface area (Å²) in [6, 6.07) is 8.70. The Labute approximate surface area is 150 Å². The van der Waals surface area contributed by atoms with Gasteiger partial charge in [-0.3, -0.25) is 4.68 Å². The van der Waals surface area contributed by atoms with E-state index in [2.05, 4.69) is 51.4 Å². The zero-order valence-electron chi connectivity index (χ0n) is 15.3. The Hall–Kier alpha value is -2.05. The highest BCUT2D eigenvalue weighted by Crippen LogP contribution is 2.23. The minimum Gasteiger partial charge on any atom is -0.383 e. The summed E-state index contributed by atoms with van der Waals surface area (Å²) in [4.78, 5) is 5.01. The molecule has 0 amide bonds. The molecule has 1 N–H and O–H groups in total. The van der Waals surface area contributed by atoms with E-state index in [1.807, 2.05) is 17.1 Å². The van der Waals surface area contributed by atoms with Crippen LogP contribution >= 0.6 is 0 Å². The van der Waals surface area contributed by atoms with Crippen molar-refractivity contribution < 1.29 is 4.74 Å². The van der Waals surface area contributed by atoms with Crippen LogP contribution in [0.2, 0.25) is 0 Å². The fourth-order valence-corrected chi connectivity index (χ4v) is 3.23. The van der Waals surface area contributed by atoms with E-state index in [4.69, 9.17) is 4.74 Å². The number of likely N-dealkylation sites (N-methyl/N-ethyl adjacent to an activating group) is 1. The summed E-state index contributed by atoms with van der Waals surface area (Å²) >= 11 is 0. The minimum absolute atomic E-state index is 0.674. The van der Waals surface area contributed by atoms with Gasteiger partial charge >= 0.3 is 0 Å². The molecule has 2 heterocycles. The first-order valence-electron chi connectivity index (χ1n) is 9.10. The number of nitrogens with zero attached hydrogens (tertiary/aromatic N) is 4. The lowest BCUT2D eigenvalue weighted by Crippen LogP contribution is -2.46. The summed E-state index contributed by atoms with van der Waals surface area (Å²) in [6.07, 6.45) is 3.90. The second-order valence-electron chi connectivity index (χ2n) is 6.39. The zero-order chi connectivity index (χ0) is 17.5. The maximum Gasteiger partial charge on any atom is 0.0729 e. The number of hydrogen-bond donors (Lipinski definition) is 1. The van der Waals surface area contributed by atoms with Crippen molar-refractivity contribution in [2.24, 2.45) is 0 Å². The largest absolute Gasteiger partial charge is 0.383 e. The summed E-state index contributed by atoms with van der Waals surface area (Å²) in [5.74, 6) is 0. The molecule has 3 rings (SSSR count). The van der Waals surface area contributed by atoms with E-state index in [0.717, 1.165) is 51.5 Å². The predicted molar refractivity (Wildman–Crippen MR) is 102 cm³/mol. The van der Waals surface area contributed by atoms with Gasteiger partial charge in [-0.05, 0) is 18.2 Å². The Bertz CT molecular complexity index is 649. The molecule has 0 saturated carbocycles. The first kappa shape index (κ1) is 17.8. The van der Waals surface area contributed by atoms with Crippen molar-refractivity contribution in [2.75, 3.05) is 56.7 Å². The minimum atomic E-state index is 0.674. The molecule has 1 aromatic heterocycles. The predicted octanol–water partition coefficient (Wildman–Crippen LogP) is 2.28. The molecule has 1 saturated heterocycles. The highest BCUT2D eigenvalue weighted by Gasteiger charge is 2.17. The molecule has 0 atom stereocenters. The van der Waals surface area contributed by atoms with Gasteiger partial charge in [-0.1, -0.05) is 25.1 Å². The quantitative estimate of drug-likeness (QED) is 0.797. The Kier molecular flexibility index (Phi) is 6.30. The average Bonchev–Trinajstić information content (AvgIpc) is 3.13. The van der Waals surface area contributed by atoms with Crippen LogP contribution in [-0.4, -0.2) is 61.1 Å². The van der Waals surface area contributed by atoms with Crippen molar-refractivity contribution >= 4 is 11.4 Å². The van der Waals surface area contributed by atoms with Crippen LogP contribution in [0.25, 0.3) is 0 Å². The molecular formula is C19H29N5O. The third kappa shape index (κ3) is 4.74. The van der Waals surface area contributed by atoms with E-state index >= 15 is 0 Å². The number of ether oxygens (including phenoxy) is 1. The summed E-state index contributed by atoms with van der Waals surface area (Å²) in [5.41, 5.74) is 3.72. The van der Waals surface area contributed by atoms with Crippen molar-refractivity contribution in [1.82, 2.24) is 14.7 Å². The summed E-state index contributed by atoms with van der Waals surface area (Å²) in [7, 11) is 1.71. The van der Waals surface area contributed by atoms with Crippen molar-refractivity contribution in [3.63, 3.8) is 0 Å². The van der Waals surface area contributed by atoms with E-state index in [9.17, 15) is 0 Å². The number of aromatic nitrogens is 2. The second-order valence-corrected chi connectivity index (χ2v) is 6.39. The maximum atomic E-state index is 5.09. The van der Waals surface area contributed by atoms with Crippen LogP contribution in [0.4, 0.5) is 11.4 Å². The smallest absolute Gasteiger partial charge is 0.0729 e. The van der Waals surface area contributed by atoms with Gasteiger partial charge in [0.05, 0.1) is 25.0 Å². The summed E-state index contributed by atoms with van der Waals surface area (Å²) < 4.78 is 7.00. The first-order valence-corrected chi connectivity index (χ1v) is 9.10. The monoisotopic (exact) mass is 343 g/mol. The Morgan fingerprint density at radius 1 is 1.16 bits per heavy atom. The molecule has 0 spiro atoms. The average molecular weight is 343 g/mol. The molecule has 0 aliphatic carbocycles. The number of nitrogens with one attached hydrogen (secondary N) is 1. The number of benzene rings is 1. The van der Waals surface area contributed by atoms with E-state index in [0.29, 0.717) is 6.61 Å². The van der Waals surface area contributed by atoms with Gasteiger partial charge in [0.25, 0.3) is 0 Å². The third-order valence-corrected chi connectivity index (χ3v) is 4.79. The van der Waals surface area contributed by atoms with Gasteiger partial charge in [-0.25, -0.2) is 0 Å². The van der Waals surface area contributed by atoms with Crippen LogP contribution in [0.5, 0.6) is 0 Å². The second kappa shape index (κ2) is 8.87. The number of para-hydroxylation sites is 1. The highest BCUT2D eigenvalue weighted by atomic mass is 16.5. The van der Waals surface area contributed by atoms with Gasteiger partial charge in [0.2, 0.25) is 0 Å². The molecular weight excluding hydrogens is 314 g/mol. The lowest BCUT2D eigenvalue weighted by Gasteiger charge is -2.36. The van der Waals surface area contributed by atoms with Gasteiger partial charge in [-0.2, -0.15) is 5.10 Å². The molecule has 6 nitrogen and oxygen atoms in total. The highest BCUT2D eigenvalue weighted by molar-refractivity contribution is 5.55. The number of anilines is 2. The van der Waals surface area contributed by atoms with Crippen molar-refractivity contribution in [2.45, 2.75) is 20.0 Å². The fraction of sp³-hybridized carbons (Fsp3) is 0.526. The van der Waals surface area contributed by atoms with Crippen LogP contribution in [0, 0.1) is 0 Å². The number of methoxy groups -OCH3 is 1. The Morgan fingerprint density at radius 2 is 1.96 bits per heavy atom. The van der Waals surface area contributed by atoms with Gasteiger partial charge in [-0.15, -0.1) is 0 Å². The number of piperazine rings is 1. The molecule has 2 aromatic rings. The Balaban J connectivity index is 1.60. The van der Waals surface area contributed by atoms with Crippen molar-refractivity contribution in [3.8, 4) is 0 Å². The topological polar surface area (TPSA) is 45.6 Å². The summed E-state index contributed by atoms with van der Waals surface area (Å²) in [5, 5.41) is 7.85. The van der Waals surface area contributed by atoms with E-state index in [-0.39, 0.29) is 0 Å². The van der Waals surface area contributed by atoms with Crippen LogP contribution in [0.1, 0.15) is 12.5 Å². The lowest BCUT2D eigenvalue weighted by molar-refractivity contribution is 0.183. The van der Waals surface area contributed by atoms with E-state index < -0.39 is 0 Å². The van der Waals surface area contributed by atoms with E-state index in [1.54, 1.807) is 7.11 Å². The van der Waals surface area contributed by atoms with Crippen LogP contribution in [0.3, 0.4) is 0 Å². The Morgan fingerprint density at radius 3 is 2.72 bits per heavy atom. The standard InChI is InChI=1S/C19H29N5O/c1-3-22-8-10-23(11-9-22)19-7-5-4-6-17(19)14-20-18-15-21-24(16-18)12-13-25-2/h4-7,15-16,20H,3,8-14H2,1-2H3. The fourth-order valence-electron chi connectivity index (χ4n) is 3.23. The molecule has 0 bridgehead atoms. The van der Waals surface area contributed by atoms with E-state index in [1.165, 1.54) is 11.3 Å². The molecule has 0 radical (unpaired) electrons. The molecule has 1 aromatic carbocycles. The normalized spacial score (nSPS) is 15.5. The maximum absolute atomic E-state index is 5.09. The van der Waals surface area contributed by atoms with Crippen LogP contribution in [0.15, 0.2) is 36.7 Å². The molecule has 0 unspecified atom stereocenters. The van der Waals surface area contributed by atoms with Gasteiger partial charge < -0.3 is 19.9 Å². The van der Waals surface area contributed by atoms with Crippen LogP contribution in [-0.2, 0) is 17.8 Å². The molecule has 6 heteroatoms. The number of hydrogen-bond acceptors (Lipinski definition) is 5. The first-order chi connectivity index (χ1) is 12.3. The molecule has 136 valence electrons. The SMILES string of the molecule is CCN1CCN(c2ccccc2CNc2cnn(CCOC)c2)CC1. The van der Waals surface area contributed by atoms with Crippen molar-refractivity contribution in [1.29, 1.82) is 0 Å². The lowest BCUT2D eigenvalue weighted by atomic mass is 10.1. The molecule has 1 fully saturated rings. The van der Waals surface area contributed by atoms with Crippen molar-refractivity contribution in [3.05, 3.63) is 42.2 Å². The van der Waals surface area contributed by atoms with Gasteiger partial charge in [0, 0.05) is 51.7 Å².